The number of hydrogen-bond acceptors (Lipinski definition) is 2. The Bertz CT molecular complexity index is 532. The van der Waals surface area contributed by atoms with Gasteiger partial charge in [0.2, 0.25) is 0 Å². The van der Waals surface area contributed by atoms with Crippen molar-refractivity contribution in [3.8, 4) is 0 Å². The number of benzene rings is 1. The predicted molar refractivity (Wildman–Crippen MR) is 72.2 cm³/mol. The first kappa shape index (κ1) is 15.6. The monoisotopic (exact) mass is 298 g/mol. The minimum Gasteiger partial charge on any atom is -0.461 e. The van der Waals surface area contributed by atoms with E-state index in [9.17, 15) is 18.0 Å². The Morgan fingerprint density at radius 2 is 1.90 bits per heavy atom. The lowest BCUT2D eigenvalue weighted by Crippen LogP contribution is -2.10. The van der Waals surface area contributed by atoms with Crippen molar-refractivity contribution in [2.45, 2.75) is 26.6 Å². The van der Waals surface area contributed by atoms with Crippen LogP contribution >= 0.6 is 0 Å². The van der Waals surface area contributed by atoms with E-state index >= 15 is 0 Å². The molecule has 1 aliphatic carbocycles. The summed E-state index contributed by atoms with van der Waals surface area (Å²) in [6, 6.07) is 9.17. The summed E-state index contributed by atoms with van der Waals surface area (Å²) in [5, 5.41) is 0. The second-order valence-corrected chi connectivity index (χ2v) is 5.82. The molecule has 5 heteroatoms. The van der Waals surface area contributed by atoms with E-state index < -0.39 is 29.4 Å². The third kappa shape index (κ3) is 3.86. The molecule has 0 bridgehead atoms. The van der Waals surface area contributed by atoms with Crippen molar-refractivity contribution in [1.29, 1.82) is 0 Å². The van der Waals surface area contributed by atoms with Gasteiger partial charge in [0.15, 0.2) is 0 Å². The van der Waals surface area contributed by atoms with Gasteiger partial charge in [0.05, 0.1) is 5.92 Å². The fourth-order valence-corrected chi connectivity index (χ4v) is 2.52. The summed E-state index contributed by atoms with van der Waals surface area (Å²) in [6.07, 6.45) is -3.09. The maximum absolute atomic E-state index is 12.2. The largest absolute Gasteiger partial charge is 0.461 e. The molecular formula is C16H17F3O2. The number of alkyl halides is 3. The number of carbonyl (C=O) groups excluding carboxylic acids is 1. The molecule has 2 rings (SSSR count). The summed E-state index contributed by atoms with van der Waals surface area (Å²) in [5.41, 5.74) is 0.363. The topological polar surface area (TPSA) is 26.3 Å². The van der Waals surface area contributed by atoms with E-state index in [-0.39, 0.29) is 12.7 Å². The molecule has 0 aliphatic heterocycles. The summed E-state index contributed by atoms with van der Waals surface area (Å²) in [6.45, 7) is 3.68. The molecule has 2 unspecified atom stereocenters. The fraction of sp³-hybridized carbons (Fsp3) is 0.438. The van der Waals surface area contributed by atoms with Crippen LogP contribution in [0.5, 0.6) is 0 Å². The molecule has 2 nitrogen and oxygen atoms in total. The van der Waals surface area contributed by atoms with Crippen molar-refractivity contribution < 1.29 is 22.7 Å². The Morgan fingerprint density at radius 3 is 2.48 bits per heavy atom. The lowest BCUT2D eigenvalue weighted by Gasteiger charge is -2.05. The third-order valence-corrected chi connectivity index (χ3v) is 3.88. The molecule has 2 atom stereocenters. The van der Waals surface area contributed by atoms with Gasteiger partial charge in [-0.05, 0) is 16.9 Å². The Kier molecular flexibility index (Phi) is 4.12. The van der Waals surface area contributed by atoms with Gasteiger partial charge in [-0.15, -0.1) is 0 Å². The second-order valence-electron chi connectivity index (χ2n) is 5.82. The maximum Gasteiger partial charge on any atom is 0.409 e. The fourth-order valence-electron chi connectivity index (χ4n) is 2.52. The standard InChI is InChI=1S/C16H17F3O2/c1-15(2)12(8-9-16(17,18)19)13(15)14(20)21-10-11-6-4-3-5-7-11/h3-9,12-13H,10H2,1-2H3. The first-order chi connectivity index (χ1) is 9.72. The van der Waals surface area contributed by atoms with Crippen molar-refractivity contribution in [2.24, 2.45) is 17.3 Å². The van der Waals surface area contributed by atoms with E-state index in [1.165, 1.54) is 0 Å². The minimum absolute atomic E-state index is 0.141. The lowest BCUT2D eigenvalue weighted by molar-refractivity contribution is -0.147. The van der Waals surface area contributed by atoms with E-state index in [1.807, 2.05) is 30.3 Å². The number of rotatable bonds is 4. The zero-order valence-electron chi connectivity index (χ0n) is 11.9. The number of halogens is 3. The Balaban J connectivity index is 1.92. The van der Waals surface area contributed by atoms with Gasteiger partial charge < -0.3 is 4.74 Å². The first-order valence-corrected chi connectivity index (χ1v) is 6.68. The Hall–Kier alpha value is -1.78. The molecule has 0 radical (unpaired) electrons. The van der Waals surface area contributed by atoms with Crippen LogP contribution in [0.4, 0.5) is 13.2 Å². The minimum atomic E-state index is -4.35. The highest BCUT2D eigenvalue weighted by molar-refractivity contribution is 5.78. The van der Waals surface area contributed by atoms with Gasteiger partial charge in [0.1, 0.15) is 6.61 Å². The van der Waals surface area contributed by atoms with Gasteiger partial charge in [-0.3, -0.25) is 4.79 Å². The molecule has 0 heterocycles. The molecule has 0 spiro atoms. The number of hydrogen-bond donors (Lipinski definition) is 0. The summed E-state index contributed by atoms with van der Waals surface area (Å²) in [7, 11) is 0. The van der Waals surface area contributed by atoms with Crippen LogP contribution in [0.2, 0.25) is 0 Å². The van der Waals surface area contributed by atoms with E-state index in [1.54, 1.807) is 13.8 Å². The third-order valence-electron chi connectivity index (χ3n) is 3.88. The van der Waals surface area contributed by atoms with Crippen molar-refractivity contribution in [3.05, 3.63) is 48.0 Å². The zero-order valence-corrected chi connectivity index (χ0v) is 11.9. The molecule has 21 heavy (non-hydrogen) atoms. The molecule has 0 N–H and O–H groups in total. The zero-order chi connectivity index (χ0) is 15.7. The van der Waals surface area contributed by atoms with Gasteiger partial charge in [0.25, 0.3) is 0 Å². The molecule has 1 fully saturated rings. The number of ether oxygens (including phenoxy) is 1. The summed E-state index contributed by atoms with van der Waals surface area (Å²) in [4.78, 5) is 12.0. The van der Waals surface area contributed by atoms with Gasteiger partial charge in [-0.25, -0.2) is 0 Å². The van der Waals surface area contributed by atoms with Gasteiger partial charge in [-0.1, -0.05) is 50.3 Å². The van der Waals surface area contributed by atoms with Crippen molar-refractivity contribution in [3.63, 3.8) is 0 Å². The molecular weight excluding hydrogens is 281 g/mol. The highest BCUT2D eigenvalue weighted by atomic mass is 19.4. The van der Waals surface area contributed by atoms with Gasteiger partial charge >= 0.3 is 12.1 Å². The SMILES string of the molecule is CC1(C)C(C=CC(F)(F)F)C1C(=O)OCc1ccccc1. The summed E-state index contributed by atoms with van der Waals surface area (Å²) >= 11 is 0. The number of carbonyl (C=O) groups is 1. The van der Waals surface area contributed by atoms with Crippen molar-refractivity contribution in [1.82, 2.24) is 0 Å². The average Bonchev–Trinajstić information content (AvgIpc) is 2.96. The molecule has 114 valence electrons. The Labute approximate surface area is 121 Å². The second kappa shape index (κ2) is 5.54. The molecule has 0 saturated heterocycles. The van der Waals surface area contributed by atoms with Gasteiger partial charge in [-0.2, -0.15) is 13.2 Å². The molecule has 1 aliphatic rings. The van der Waals surface area contributed by atoms with Crippen LogP contribution in [-0.4, -0.2) is 12.1 Å². The van der Waals surface area contributed by atoms with E-state index in [0.29, 0.717) is 0 Å². The number of esters is 1. The molecule has 0 amide bonds. The predicted octanol–water partition coefficient (Wildman–Crippen LogP) is 4.12. The summed E-state index contributed by atoms with van der Waals surface area (Å²) < 4.78 is 41.8. The normalized spacial score (nSPS) is 24.0. The molecule has 1 saturated carbocycles. The molecule has 1 aromatic carbocycles. The van der Waals surface area contributed by atoms with Crippen LogP contribution in [0.1, 0.15) is 19.4 Å². The van der Waals surface area contributed by atoms with Gasteiger partial charge in [0, 0.05) is 6.08 Å². The van der Waals surface area contributed by atoms with Crippen LogP contribution < -0.4 is 0 Å². The quantitative estimate of drug-likeness (QED) is 0.617. The van der Waals surface area contributed by atoms with E-state index in [4.69, 9.17) is 4.74 Å². The van der Waals surface area contributed by atoms with Crippen LogP contribution in [0.15, 0.2) is 42.5 Å². The van der Waals surface area contributed by atoms with E-state index in [2.05, 4.69) is 0 Å². The van der Waals surface area contributed by atoms with Crippen LogP contribution in [0, 0.1) is 17.3 Å². The van der Waals surface area contributed by atoms with Crippen LogP contribution in [0.3, 0.4) is 0 Å². The average molecular weight is 298 g/mol. The smallest absolute Gasteiger partial charge is 0.409 e. The maximum atomic E-state index is 12.2. The first-order valence-electron chi connectivity index (χ1n) is 6.68. The van der Waals surface area contributed by atoms with Crippen molar-refractivity contribution >= 4 is 5.97 Å². The highest BCUT2D eigenvalue weighted by Crippen LogP contribution is 2.59. The van der Waals surface area contributed by atoms with Crippen LogP contribution in [-0.2, 0) is 16.1 Å². The molecule has 1 aromatic rings. The van der Waals surface area contributed by atoms with E-state index in [0.717, 1.165) is 11.6 Å². The molecule has 0 aromatic heterocycles. The summed E-state index contributed by atoms with van der Waals surface area (Å²) in [5.74, 6) is -1.39. The van der Waals surface area contributed by atoms with Crippen LogP contribution in [0.25, 0.3) is 0 Å². The highest BCUT2D eigenvalue weighted by Gasteiger charge is 2.61. The number of allylic oxidation sites excluding steroid dienone is 2. The van der Waals surface area contributed by atoms with Crippen molar-refractivity contribution in [2.75, 3.05) is 0 Å². The Morgan fingerprint density at radius 1 is 1.29 bits per heavy atom. The lowest BCUT2D eigenvalue weighted by atomic mass is 10.1.